The first-order chi connectivity index (χ1) is 15.5. The summed E-state index contributed by atoms with van der Waals surface area (Å²) in [5.74, 6) is 2.21. The predicted molar refractivity (Wildman–Crippen MR) is 132 cm³/mol. The first-order valence-electron chi connectivity index (χ1n) is 12.2. The van der Waals surface area contributed by atoms with Crippen LogP contribution in [0.25, 0.3) is 0 Å². The van der Waals surface area contributed by atoms with Crippen LogP contribution in [-0.2, 0) is 12.8 Å². The van der Waals surface area contributed by atoms with E-state index in [1.807, 2.05) is 38.1 Å². The third-order valence-corrected chi connectivity index (χ3v) is 6.41. The lowest BCUT2D eigenvalue weighted by Gasteiger charge is -2.10. The largest absolute Gasteiger partial charge is 0.508 e. The summed E-state index contributed by atoms with van der Waals surface area (Å²) in [4.78, 5) is 0. The topological polar surface area (TPSA) is 58.9 Å². The van der Waals surface area contributed by atoms with Crippen molar-refractivity contribution < 1.29 is 19.7 Å². The Kier molecular flexibility index (Phi) is 11.3. The molecule has 4 nitrogen and oxygen atoms in total. The van der Waals surface area contributed by atoms with Crippen molar-refractivity contribution in [2.75, 3.05) is 14.2 Å². The summed E-state index contributed by atoms with van der Waals surface area (Å²) in [6, 6.07) is 7.84. The number of unbranched alkanes of at least 4 members (excludes halogenated alkanes) is 9. The number of phenolic OH excluding ortho intramolecular Hbond substituents is 2. The molecule has 178 valence electrons. The molecule has 0 spiro atoms. The van der Waals surface area contributed by atoms with Crippen LogP contribution in [0.3, 0.4) is 0 Å². The maximum absolute atomic E-state index is 9.99. The minimum Gasteiger partial charge on any atom is -0.508 e. The molecule has 0 saturated heterocycles. The highest BCUT2D eigenvalue weighted by atomic mass is 16.5. The lowest BCUT2D eigenvalue weighted by molar-refractivity contribution is 0.401. The second kappa shape index (κ2) is 13.9. The van der Waals surface area contributed by atoms with E-state index in [2.05, 4.69) is 0 Å². The zero-order chi connectivity index (χ0) is 23.3. The average molecular weight is 443 g/mol. The van der Waals surface area contributed by atoms with Crippen molar-refractivity contribution in [2.45, 2.75) is 90.9 Å². The molecule has 0 aliphatic heterocycles. The van der Waals surface area contributed by atoms with Gasteiger partial charge in [-0.1, -0.05) is 51.4 Å². The van der Waals surface area contributed by atoms with Crippen LogP contribution in [0.5, 0.6) is 23.0 Å². The standard InChI is InChI=1S/C28H42O4/c1-21-25(29)17-23(19-27(21)31-3)15-13-11-9-7-5-6-8-10-12-14-16-24-18-26(30)22(2)28(20-24)32-4/h17-20,29-30H,5-16H2,1-4H3. The molecule has 0 unspecified atom stereocenters. The van der Waals surface area contributed by atoms with E-state index in [4.69, 9.17) is 9.47 Å². The fourth-order valence-electron chi connectivity index (χ4n) is 4.24. The van der Waals surface area contributed by atoms with Crippen molar-refractivity contribution >= 4 is 0 Å². The fourth-order valence-corrected chi connectivity index (χ4v) is 4.24. The summed E-state index contributed by atoms with van der Waals surface area (Å²) < 4.78 is 10.7. The van der Waals surface area contributed by atoms with Crippen molar-refractivity contribution in [1.82, 2.24) is 0 Å². The first kappa shape index (κ1) is 25.9. The highest BCUT2D eigenvalue weighted by molar-refractivity contribution is 5.47. The van der Waals surface area contributed by atoms with Gasteiger partial charge in [-0.05, 0) is 74.9 Å². The Morgan fingerprint density at radius 3 is 1.16 bits per heavy atom. The number of ether oxygens (including phenoxy) is 2. The first-order valence-corrected chi connectivity index (χ1v) is 12.2. The maximum atomic E-state index is 9.99. The van der Waals surface area contributed by atoms with Gasteiger partial charge in [0.25, 0.3) is 0 Å². The van der Waals surface area contributed by atoms with Crippen molar-refractivity contribution in [3.63, 3.8) is 0 Å². The summed E-state index contributed by atoms with van der Waals surface area (Å²) in [5.41, 5.74) is 3.94. The van der Waals surface area contributed by atoms with Gasteiger partial charge in [-0.3, -0.25) is 0 Å². The van der Waals surface area contributed by atoms with Gasteiger partial charge in [0.2, 0.25) is 0 Å². The van der Waals surface area contributed by atoms with Gasteiger partial charge >= 0.3 is 0 Å². The van der Waals surface area contributed by atoms with Crippen LogP contribution in [0.15, 0.2) is 24.3 Å². The molecule has 0 amide bonds. The Balaban J connectivity index is 1.48. The van der Waals surface area contributed by atoms with Crippen molar-refractivity contribution in [2.24, 2.45) is 0 Å². The van der Waals surface area contributed by atoms with Gasteiger partial charge in [-0.15, -0.1) is 0 Å². The number of aryl methyl sites for hydroxylation is 2. The Morgan fingerprint density at radius 1 is 0.531 bits per heavy atom. The van der Waals surface area contributed by atoms with Gasteiger partial charge in [-0.2, -0.15) is 0 Å². The Bertz CT molecular complexity index is 759. The summed E-state index contributed by atoms with van der Waals surface area (Å²) >= 11 is 0. The van der Waals surface area contributed by atoms with Gasteiger partial charge in [0.05, 0.1) is 14.2 Å². The van der Waals surface area contributed by atoms with Crippen molar-refractivity contribution in [1.29, 1.82) is 0 Å². The number of benzene rings is 2. The van der Waals surface area contributed by atoms with Crippen LogP contribution in [0.2, 0.25) is 0 Å². The van der Waals surface area contributed by atoms with Crippen molar-refractivity contribution in [3.05, 3.63) is 46.5 Å². The molecule has 0 aliphatic carbocycles. The molecule has 0 fully saturated rings. The number of aromatic hydroxyl groups is 2. The zero-order valence-corrected chi connectivity index (χ0v) is 20.5. The van der Waals surface area contributed by atoms with Gasteiger partial charge < -0.3 is 19.7 Å². The second-order valence-electron chi connectivity index (χ2n) is 8.92. The number of phenols is 2. The molecule has 32 heavy (non-hydrogen) atoms. The quantitative estimate of drug-likeness (QED) is 0.282. The van der Waals surface area contributed by atoms with Crippen LogP contribution in [-0.4, -0.2) is 24.4 Å². The summed E-state index contributed by atoms with van der Waals surface area (Å²) in [7, 11) is 3.30. The van der Waals surface area contributed by atoms with Crippen LogP contribution in [0.1, 0.15) is 86.5 Å². The molecule has 0 aromatic heterocycles. The normalized spacial score (nSPS) is 11.0. The molecule has 0 saturated carbocycles. The highest BCUT2D eigenvalue weighted by Crippen LogP contribution is 2.30. The lowest BCUT2D eigenvalue weighted by Crippen LogP contribution is -1.93. The molecule has 2 aromatic rings. The van der Waals surface area contributed by atoms with E-state index in [0.717, 1.165) is 59.4 Å². The summed E-state index contributed by atoms with van der Waals surface area (Å²) in [6.45, 7) is 3.76. The number of methoxy groups -OCH3 is 2. The van der Waals surface area contributed by atoms with Gasteiger partial charge in [0.15, 0.2) is 0 Å². The number of rotatable bonds is 15. The van der Waals surface area contributed by atoms with Crippen LogP contribution < -0.4 is 9.47 Å². The monoisotopic (exact) mass is 442 g/mol. The minimum absolute atomic E-state index is 0.330. The Labute approximate surface area is 194 Å². The summed E-state index contributed by atoms with van der Waals surface area (Å²) in [6.07, 6.45) is 14.6. The van der Waals surface area contributed by atoms with Crippen molar-refractivity contribution in [3.8, 4) is 23.0 Å². The second-order valence-corrected chi connectivity index (χ2v) is 8.92. The highest BCUT2D eigenvalue weighted by Gasteiger charge is 2.08. The molecule has 0 atom stereocenters. The van der Waals surface area contributed by atoms with Crippen LogP contribution in [0.4, 0.5) is 0 Å². The van der Waals surface area contributed by atoms with E-state index in [0.29, 0.717) is 11.5 Å². The third-order valence-electron chi connectivity index (χ3n) is 6.41. The molecule has 0 bridgehead atoms. The zero-order valence-electron chi connectivity index (χ0n) is 20.5. The predicted octanol–water partition coefficient (Wildman–Crippen LogP) is 7.42. The van der Waals surface area contributed by atoms with Gasteiger partial charge in [0.1, 0.15) is 23.0 Å². The van der Waals surface area contributed by atoms with E-state index >= 15 is 0 Å². The lowest BCUT2D eigenvalue weighted by atomic mass is 10.0. The molecule has 2 N–H and O–H groups in total. The molecule has 2 aromatic carbocycles. The number of hydrogen-bond acceptors (Lipinski definition) is 4. The third kappa shape index (κ3) is 8.29. The average Bonchev–Trinajstić information content (AvgIpc) is 2.78. The van der Waals surface area contributed by atoms with E-state index < -0.39 is 0 Å². The Morgan fingerprint density at radius 2 is 0.844 bits per heavy atom. The SMILES string of the molecule is COc1cc(CCCCCCCCCCCCc2cc(O)c(C)c(OC)c2)cc(O)c1C. The smallest absolute Gasteiger partial charge is 0.125 e. The number of hydrogen-bond donors (Lipinski definition) is 2. The molecule has 0 aliphatic rings. The summed E-state index contributed by atoms with van der Waals surface area (Å²) in [5, 5.41) is 20.0. The van der Waals surface area contributed by atoms with Gasteiger partial charge in [0, 0.05) is 11.1 Å². The molecular formula is C28H42O4. The van der Waals surface area contributed by atoms with E-state index in [9.17, 15) is 10.2 Å². The Hall–Kier alpha value is -2.36. The molecular weight excluding hydrogens is 400 g/mol. The maximum Gasteiger partial charge on any atom is 0.125 e. The van der Waals surface area contributed by atoms with E-state index in [1.165, 1.54) is 51.4 Å². The van der Waals surface area contributed by atoms with E-state index in [-0.39, 0.29) is 0 Å². The molecule has 0 heterocycles. The van der Waals surface area contributed by atoms with Crippen LogP contribution >= 0.6 is 0 Å². The molecule has 0 radical (unpaired) electrons. The molecule has 4 heteroatoms. The van der Waals surface area contributed by atoms with Crippen LogP contribution in [0, 0.1) is 13.8 Å². The fraction of sp³-hybridized carbons (Fsp3) is 0.571. The van der Waals surface area contributed by atoms with Gasteiger partial charge in [-0.25, -0.2) is 0 Å². The minimum atomic E-state index is 0.330. The molecule has 2 rings (SSSR count). The van der Waals surface area contributed by atoms with E-state index in [1.54, 1.807) is 14.2 Å².